The van der Waals surface area contributed by atoms with Crippen LogP contribution in [-0.2, 0) is 23.9 Å². The molecule has 6 heteroatoms. The zero-order valence-corrected chi connectivity index (χ0v) is 11.4. The third-order valence-corrected chi connectivity index (χ3v) is 2.47. The highest BCUT2D eigenvalue weighted by Gasteiger charge is 2.37. The smallest absolute Gasteiger partial charge is 0.350 e. The molecule has 0 fully saturated rings. The van der Waals surface area contributed by atoms with Crippen LogP contribution in [0.3, 0.4) is 0 Å². The van der Waals surface area contributed by atoms with Gasteiger partial charge >= 0.3 is 11.9 Å². The van der Waals surface area contributed by atoms with E-state index in [0.717, 1.165) is 0 Å². The summed E-state index contributed by atoms with van der Waals surface area (Å²) < 4.78 is 9.91. The SMILES string of the molecule is CCOC(=O)[C@@](C)(CC)OC(=O)CNC(=O)CC. The number of esters is 2. The van der Waals surface area contributed by atoms with Gasteiger partial charge in [-0.3, -0.25) is 9.59 Å². The van der Waals surface area contributed by atoms with Gasteiger partial charge in [-0.05, 0) is 20.3 Å². The Bertz CT molecular complexity index is 316. The maximum Gasteiger partial charge on any atom is 0.350 e. The second-order valence-corrected chi connectivity index (χ2v) is 3.91. The van der Waals surface area contributed by atoms with Gasteiger partial charge in [0.25, 0.3) is 0 Å². The molecule has 1 N–H and O–H groups in total. The lowest BCUT2D eigenvalue weighted by Gasteiger charge is -2.25. The molecular formula is C12H21NO5. The van der Waals surface area contributed by atoms with E-state index in [0.29, 0.717) is 6.42 Å². The molecule has 0 heterocycles. The molecule has 0 spiro atoms. The van der Waals surface area contributed by atoms with Crippen molar-refractivity contribution in [1.82, 2.24) is 5.32 Å². The number of rotatable bonds is 7. The lowest BCUT2D eigenvalue weighted by Crippen LogP contribution is -2.43. The predicted molar refractivity (Wildman–Crippen MR) is 64.7 cm³/mol. The zero-order chi connectivity index (χ0) is 14.2. The van der Waals surface area contributed by atoms with E-state index >= 15 is 0 Å². The Labute approximate surface area is 107 Å². The Morgan fingerprint density at radius 2 is 1.78 bits per heavy atom. The standard InChI is InChI=1S/C12H21NO5/c1-5-9(14)13-8-10(15)18-12(4,6-2)11(16)17-7-3/h5-8H2,1-4H3,(H,13,14)/t12-/m1/s1. The van der Waals surface area contributed by atoms with Crippen molar-refractivity contribution in [2.45, 2.75) is 46.1 Å². The summed E-state index contributed by atoms with van der Waals surface area (Å²) in [4.78, 5) is 34.1. The van der Waals surface area contributed by atoms with Crippen LogP contribution in [0.4, 0.5) is 0 Å². The van der Waals surface area contributed by atoms with E-state index in [1.807, 2.05) is 0 Å². The number of carbonyl (C=O) groups is 3. The van der Waals surface area contributed by atoms with Crippen LogP contribution in [0.15, 0.2) is 0 Å². The van der Waals surface area contributed by atoms with Gasteiger partial charge in [-0.15, -0.1) is 0 Å². The lowest BCUT2D eigenvalue weighted by atomic mass is 10.0. The number of nitrogens with one attached hydrogen (secondary N) is 1. The number of ether oxygens (including phenoxy) is 2. The fourth-order valence-electron chi connectivity index (χ4n) is 1.13. The number of amides is 1. The summed E-state index contributed by atoms with van der Waals surface area (Å²) in [7, 11) is 0. The summed E-state index contributed by atoms with van der Waals surface area (Å²) in [6.45, 7) is 6.53. The van der Waals surface area contributed by atoms with E-state index in [4.69, 9.17) is 9.47 Å². The van der Waals surface area contributed by atoms with Crippen molar-refractivity contribution in [3.8, 4) is 0 Å². The highest BCUT2D eigenvalue weighted by Crippen LogP contribution is 2.17. The fourth-order valence-corrected chi connectivity index (χ4v) is 1.13. The fraction of sp³-hybridized carbons (Fsp3) is 0.750. The minimum Gasteiger partial charge on any atom is -0.463 e. The van der Waals surface area contributed by atoms with Crippen molar-refractivity contribution in [3.05, 3.63) is 0 Å². The van der Waals surface area contributed by atoms with Crippen molar-refractivity contribution < 1.29 is 23.9 Å². The van der Waals surface area contributed by atoms with E-state index in [9.17, 15) is 14.4 Å². The summed E-state index contributed by atoms with van der Waals surface area (Å²) in [6, 6.07) is 0. The molecule has 0 rings (SSSR count). The van der Waals surface area contributed by atoms with Gasteiger partial charge in [0, 0.05) is 6.42 Å². The van der Waals surface area contributed by atoms with Crippen molar-refractivity contribution in [1.29, 1.82) is 0 Å². The van der Waals surface area contributed by atoms with E-state index in [2.05, 4.69) is 5.32 Å². The lowest BCUT2D eigenvalue weighted by molar-refractivity contribution is -0.180. The minimum absolute atomic E-state index is 0.221. The average molecular weight is 259 g/mol. The first-order valence-electron chi connectivity index (χ1n) is 6.05. The van der Waals surface area contributed by atoms with Gasteiger partial charge < -0.3 is 14.8 Å². The van der Waals surface area contributed by atoms with Crippen molar-refractivity contribution in [3.63, 3.8) is 0 Å². The van der Waals surface area contributed by atoms with Gasteiger partial charge in [-0.1, -0.05) is 13.8 Å². The third kappa shape index (κ3) is 5.16. The molecule has 0 aliphatic rings. The molecule has 1 atom stereocenters. The van der Waals surface area contributed by atoms with Crippen LogP contribution in [0.2, 0.25) is 0 Å². The first-order valence-corrected chi connectivity index (χ1v) is 6.05. The van der Waals surface area contributed by atoms with Crippen LogP contribution >= 0.6 is 0 Å². The number of hydrogen-bond donors (Lipinski definition) is 1. The Hall–Kier alpha value is -1.59. The molecule has 6 nitrogen and oxygen atoms in total. The molecule has 0 saturated heterocycles. The molecular weight excluding hydrogens is 238 g/mol. The Morgan fingerprint density at radius 1 is 1.17 bits per heavy atom. The normalized spacial score (nSPS) is 13.3. The van der Waals surface area contributed by atoms with Gasteiger partial charge in [0.15, 0.2) is 0 Å². The highest BCUT2D eigenvalue weighted by molar-refractivity contribution is 5.85. The van der Waals surface area contributed by atoms with Gasteiger partial charge in [0.05, 0.1) is 6.61 Å². The molecule has 0 aromatic carbocycles. The summed E-state index contributed by atoms with van der Waals surface area (Å²) in [5.74, 6) is -1.49. The van der Waals surface area contributed by atoms with Crippen molar-refractivity contribution >= 4 is 17.8 Å². The second kappa shape index (κ2) is 7.68. The Morgan fingerprint density at radius 3 is 2.22 bits per heavy atom. The predicted octanol–water partition coefficient (Wildman–Crippen LogP) is 0.788. The van der Waals surface area contributed by atoms with Crippen LogP contribution in [0.5, 0.6) is 0 Å². The van der Waals surface area contributed by atoms with E-state index in [-0.39, 0.29) is 25.5 Å². The molecule has 1 amide bonds. The van der Waals surface area contributed by atoms with Gasteiger partial charge in [-0.25, -0.2) is 4.79 Å². The van der Waals surface area contributed by atoms with E-state index in [1.165, 1.54) is 6.92 Å². The van der Waals surface area contributed by atoms with Crippen LogP contribution < -0.4 is 5.32 Å². The number of hydrogen-bond acceptors (Lipinski definition) is 5. The van der Waals surface area contributed by atoms with E-state index in [1.54, 1.807) is 20.8 Å². The molecule has 0 bridgehead atoms. The molecule has 18 heavy (non-hydrogen) atoms. The van der Waals surface area contributed by atoms with Crippen LogP contribution in [0, 0.1) is 0 Å². The maximum atomic E-state index is 11.6. The van der Waals surface area contributed by atoms with Crippen LogP contribution in [-0.4, -0.2) is 36.6 Å². The van der Waals surface area contributed by atoms with Crippen molar-refractivity contribution in [2.24, 2.45) is 0 Å². The molecule has 0 aliphatic carbocycles. The molecule has 0 saturated carbocycles. The van der Waals surface area contributed by atoms with Gasteiger partial charge in [0.1, 0.15) is 6.54 Å². The first-order chi connectivity index (χ1) is 8.39. The van der Waals surface area contributed by atoms with Crippen molar-refractivity contribution in [2.75, 3.05) is 13.2 Å². The summed E-state index contributed by atoms with van der Waals surface area (Å²) in [5.41, 5.74) is -1.30. The van der Waals surface area contributed by atoms with Crippen LogP contribution in [0.25, 0.3) is 0 Å². The molecule has 104 valence electrons. The largest absolute Gasteiger partial charge is 0.463 e. The van der Waals surface area contributed by atoms with E-state index < -0.39 is 17.5 Å². The summed E-state index contributed by atoms with van der Waals surface area (Å²) >= 11 is 0. The monoisotopic (exact) mass is 259 g/mol. The zero-order valence-electron chi connectivity index (χ0n) is 11.4. The molecule has 0 unspecified atom stereocenters. The van der Waals surface area contributed by atoms with Gasteiger partial charge in [0.2, 0.25) is 11.5 Å². The Balaban J connectivity index is 4.39. The topological polar surface area (TPSA) is 81.7 Å². The minimum atomic E-state index is -1.30. The third-order valence-electron chi connectivity index (χ3n) is 2.47. The first kappa shape index (κ1) is 16.4. The summed E-state index contributed by atoms with van der Waals surface area (Å²) in [6.07, 6.45) is 0.593. The average Bonchev–Trinajstić information content (AvgIpc) is 2.35. The van der Waals surface area contributed by atoms with Crippen LogP contribution in [0.1, 0.15) is 40.5 Å². The second-order valence-electron chi connectivity index (χ2n) is 3.91. The van der Waals surface area contributed by atoms with Gasteiger partial charge in [-0.2, -0.15) is 0 Å². The Kier molecular flexibility index (Phi) is 7.00. The highest BCUT2D eigenvalue weighted by atomic mass is 16.6. The maximum absolute atomic E-state index is 11.6. The molecule has 0 aromatic heterocycles. The summed E-state index contributed by atoms with van der Waals surface area (Å²) in [5, 5.41) is 2.38. The molecule has 0 aliphatic heterocycles. The number of carbonyl (C=O) groups excluding carboxylic acids is 3. The molecule has 0 radical (unpaired) electrons. The quantitative estimate of drug-likeness (QED) is 0.683. The molecule has 0 aromatic rings.